The molecule has 7 heteroatoms. The smallest absolute Gasteiger partial charge is 0.270 e. The van der Waals surface area contributed by atoms with Crippen molar-refractivity contribution in [2.75, 3.05) is 7.11 Å². The van der Waals surface area contributed by atoms with Crippen molar-refractivity contribution in [1.29, 1.82) is 0 Å². The van der Waals surface area contributed by atoms with Crippen molar-refractivity contribution in [3.05, 3.63) is 58.3 Å². The lowest BCUT2D eigenvalue weighted by Gasteiger charge is -2.12. The predicted molar refractivity (Wildman–Crippen MR) is 95.5 cm³/mol. The number of hydrogen-bond acceptors (Lipinski definition) is 5. The van der Waals surface area contributed by atoms with Crippen LogP contribution < -0.4 is 14.8 Å². The van der Waals surface area contributed by atoms with E-state index < -0.39 is 4.92 Å². The molecule has 1 aromatic heterocycles. The van der Waals surface area contributed by atoms with Crippen LogP contribution in [-0.4, -0.2) is 17.0 Å². The van der Waals surface area contributed by atoms with Gasteiger partial charge in [-0.05, 0) is 30.7 Å². The molecule has 24 heavy (non-hydrogen) atoms. The van der Waals surface area contributed by atoms with Gasteiger partial charge in [0.05, 0.1) is 17.5 Å². The monoisotopic (exact) mass is 342 g/mol. The van der Waals surface area contributed by atoms with Crippen LogP contribution in [-0.2, 0) is 0 Å². The van der Waals surface area contributed by atoms with Crippen LogP contribution in [0.4, 0.5) is 5.69 Å². The third-order valence-corrected chi connectivity index (χ3v) is 4.09. The maximum atomic E-state index is 10.8. The minimum absolute atomic E-state index is 0.0208. The first-order valence-corrected chi connectivity index (χ1v) is 7.72. The van der Waals surface area contributed by atoms with Gasteiger partial charge in [-0.1, -0.05) is 0 Å². The van der Waals surface area contributed by atoms with Crippen LogP contribution in [0.5, 0.6) is 17.2 Å². The van der Waals surface area contributed by atoms with E-state index >= 15 is 0 Å². The highest BCUT2D eigenvalue weighted by molar-refractivity contribution is 7.27. The fourth-order valence-corrected chi connectivity index (χ4v) is 2.75. The second-order valence-corrected chi connectivity index (χ2v) is 5.85. The molecule has 1 heterocycles. The van der Waals surface area contributed by atoms with Crippen LogP contribution in [0.2, 0.25) is 0 Å². The molecule has 3 rings (SSSR count). The van der Waals surface area contributed by atoms with Crippen molar-refractivity contribution in [2.45, 2.75) is 6.92 Å². The Hall–Kier alpha value is -2.72. The first-order chi connectivity index (χ1) is 11.5. The van der Waals surface area contributed by atoms with Gasteiger partial charge >= 0.3 is 0 Å². The number of non-ortho nitro benzene ring substituents is 1. The number of nitrogens with zero attached hydrogens (tertiary/aromatic N) is 2. The lowest BCUT2D eigenvalue weighted by Crippen LogP contribution is -2.01. The average Bonchev–Trinajstić information content (AvgIpc) is 2.56. The van der Waals surface area contributed by atoms with E-state index in [9.17, 15) is 10.1 Å². The molecular weight excluding hydrogens is 327 g/mol. The molecule has 0 amide bonds. The maximum absolute atomic E-state index is 10.8. The summed E-state index contributed by atoms with van der Waals surface area (Å²) in [4.78, 5) is 14.7. The van der Waals surface area contributed by atoms with Gasteiger partial charge in [0.2, 0.25) is 0 Å². The van der Waals surface area contributed by atoms with Gasteiger partial charge in [0.1, 0.15) is 17.2 Å². The molecule has 0 aliphatic heterocycles. The SMILES string of the molecule is COc1cc2nccc(Oc3ccc([N+](=O)[O-])cc3P)c2cc1C. The number of aromatic nitrogens is 1. The maximum Gasteiger partial charge on any atom is 0.270 e. The second kappa shape index (κ2) is 6.42. The van der Waals surface area contributed by atoms with Crippen LogP contribution >= 0.6 is 9.24 Å². The van der Waals surface area contributed by atoms with Crippen molar-refractivity contribution in [1.82, 2.24) is 4.98 Å². The largest absolute Gasteiger partial charge is 0.496 e. The van der Waals surface area contributed by atoms with Crippen LogP contribution in [0.15, 0.2) is 42.6 Å². The average molecular weight is 342 g/mol. The Morgan fingerprint density at radius 3 is 2.58 bits per heavy atom. The fraction of sp³-hybridized carbons (Fsp3) is 0.118. The molecule has 0 saturated carbocycles. The number of aryl methyl sites for hydroxylation is 1. The summed E-state index contributed by atoms with van der Waals surface area (Å²) < 4.78 is 11.3. The number of hydrogen-bond donors (Lipinski definition) is 0. The number of pyridine rings is 1. The minimum atomic E-state index is -0.436. The van der Waals surface area contributed by atoms with Gasteiger partial charge in [0, 0.05) is 35.1 Å². The summed E-state index contributed by atoms with van der Waals surface area (Å²) in [6.07, 6.45) is 1.65. The Kier molecular flexibility index (Phi) is 4.32. The quantitative estimate of drug-likeness (QED) is 0.410. The summed E-state index contributed by atoms with van der Waals surface area (Å²) in [7, 11) is 4.08. The number of methoxy groups -OCH3 is 1. The lowest BCUT2D eigenvalue weighted by molar-refractivity contribution is -0.384. The Bertz CT molecular complexity index is 943. The van der Waals surface area contributed by atoms with Crippen molar-refractivity contribution in [3.63, 3.8) is 0 Å². The fourth-order valence-electron chi connectivity index (χ4n) is 2.43. The first-order valence-electron chi connectivity index (χ1n) is 7.14. The summed E-state index contributed by atoms with van der Waals surface area (Å²) >= 11 is 0. The van der Waals surface area contributed by atoms with E-state index in [1.165, 1.54) is 12.1 Å². The van der Waals surface area contributed by atoms with Gasteiger partial charge < -0.3 is 9.47 Å². The number of ether oxygens (including phenoxy) is 2. The molecule has 0 radical (unpaired) electrons. The van der Waals surface area contributed by atoms with E-state index in [2.05, 4.69) is 14.2 Å². The van der Waals surface area contributed by atoms with E-state index in [1.54, 1.807) is 25.4 Å². The van der Waals surface area contributed by atoms with E-state index in [-0.39, 0.29) is 5.69 Å². The highest BCUT2D eigenvalue weighted by Gasteiger charge is 2.12. The molecule has 122 valence electrons. The lowest BCUT2D eigenvalue weighted by atomic mass is 10.1. The third kappa shape index (κ3) is 3.01. The first kappa shape index (κ1) is 16.1. The molecule has 3 aromatic rings. The van der Waals surface area contributed by atoms with E-state index in [4.69, 9.17) is 9.47 Å². The van der Waals surface area contributed by atoms with E-state index in [0.717, 1.165) is 22.2 Å². The van der Waals surface area contributed by atoms with Crippen LogP contribution in [0.25, 0.3) is 10.9 Å². The van der Waals surface area contributed by atoms with Crippen molar-refractivity contribution in [2.24, 2.45) is 0 Å². The third-order valence-electron chi connectivity index (χ3n) is 3.64. The van der Waals surface area contributed by atoms with E-state index in [1.807, 2.05) is 19.1 Å². The van der Waals surface area contributed by atoms with Gasteiger partial charge in [-0.15, -0.1) is 9.24 Å². The Morgan fingerprint density at radius 2 is 1.92 bits per heavy atom. The topological polar surface area (TPSA) is 74.5 Å². The molecule has 0 fully saturated rings. The molecule has 0 bridgehead atoms. The van der Waals surface area contributed by atoms with Crippen molar-refractivity contribution in [3.8, 4) is 17.2 Å². The standard InChI is InChI=1S/C17H15N2O4P/c1-10-7-12-13(9-16(10)22-2)18-6-5-14(12)23-15-4-3-11(19(20)21)8-17(15)24/h3-9H,24H2,1-2H3. The normalized spacial score (nSPS) is 10.6. The van der Waals surface area contributed by atoms with Crippen LogP contribution in [0.3, 0.4) is 0 Å². The zero-order valence-corrected chi connectivity index (χ0v) is 14.3. The molecule has 2 aromatic carbocycles. The number of fused-ring (bicyclic) bond motifs is 1. The Balaban J connectivity index is 2.04. The molecule has 6 nitrogen and oxygen atoms in total. The molecule has 1 unspecified atom stereocenters. The Labute approximate surface area is 140 Å². The summed E-state index contributed by atoms with van der Waals surface area (Å²) in [6.45, 7) is 1.95. The summed E-state index contributed by atoms with van der Waals surface area (Å²) in [6, 6.07) is 10.0. The molecule has 0 N–H and O–H groups in total. The number of benzene rings is 2. The van der Waals surface area contributed by atoms with E-state index in [0.29, 0.717) is 16.8 Å². The van der Waals surface area contributed by atoms with Gasteiger partial charge in [-0.25, -0.2) is 0 Å². The zero-order valence-electron chi connectivity index (χ0n) is 13.1. The van der Waals surface area contributed by atoms with Gasteiger partial charge in [0.25, 0.3) is 5.69 Å². The molecule has 0 saturated heterocycles. The van der Waals surface area contributed by atoms with Crippen LogP contribution in [0.1, 0.15) is 5.56 Å². The second-order valence-electron chi connectivity index (χ2n) is 5.23. The van der Waals surface area contributed by atoms with Crippen LogP contribution in [0, 0.1) is 17.0 Å². The minimum Gasteiger partial charge on any atom is -0.496 e. The Morgan fingerprint density at radius 1 is 1.12 bits per heavy atom. The number of nitro benzene ring substituents is 1. The highest BCUT2D eigenvalue weighted by Crippen LogP contribution is 2.33. The molecule has 0 spiro atoms. The highest BCUT2D eigenvalue weighted by atomic mass is 31.0. The molecule has 0 aliphatic carbocycles. The van der Waals surface area contributed by atoms with Gasteiger partial charge in [-0.3, -0.25) is 15.1 Å². The summed E-state index contributed by atoms with van der Waals surface area (Å²) in [5, 5.41) is 12.3. The van der Waals surface area contributed by atoms with Crippen molar-refractivity contribution >= 4 is 31.1 Å². The zero-order chi connectivity index (χ0) is 17.3. The molecular formula is C17H15N2O4P. The summed E-state index contributed by atoms with van der Waals surface area (Å²) in [5.41, 5.74) is 1.74. The molecule has 1 atom stereocenters. The summed E-state index contributed by atoms with van der Waals surface area (Å²) in [5.74, 6) is 1.92. The van der Waals surface area contributed by atoms with Crippen molar-refractivity contribution < 1.29 is 14.4 Å². The predicted octanol–water partition coefficient (Wildman–Crippen LogP) is 3.75. The number of rotatable bonds is 4. The number of nitro groups is 1. The van der Waals surface area contributed by atoms with Gasteiger partial charge in [-0.2, -0.15) is 0 Å². The van der Waals surface area contributed by atoms with Gasteiger partial charge in [0.15, 0.2) is 0 Å². The molecule has 0 aliphatic rings.